The van der Waals surface area contributed by atoms with E-state index in [1.165, 1.54) is 18.2 Å². The fourth-order valence-electron chi connectivity index (χ4n) is 3.85. The number of benzene rings is 3. The van der Waals surface area contributed by atoms with Crippen LogP contribution in [0.2, 0.25) is 5.02 Å². The van der Waals surface area contributed by atoms with E-state index in [0.717, 1.165) is 27.8 Å². The van der Waals surface area contributed by atoms with Gasteiger partial charge in [-0.2, -0.15) is 0 Å². The summed E-state index contributed by atoms with van der Waals surface area (Å²) >= 11 is 6.85. The Hall–Kier alpha value is -4.08. The monoisotopic (exact) mass is 578 g/mol. The van der Waals surface area contributed by atoms with E-state index in [0.29, 0.717) is 24.3 Å². The highest BCUT2D eigenvalue weighted by molar-refractivity contribution is 8.18. The summed E-state index contributed by atoms with van der Waals surface area (Å²) in [6, 6.07) is 19.5. The average Bonchev–Trinajstić information content (AvgIpc) is 3.19. The van der Waals surface area contributed by atoms with Gasteiger partial charge in [0.05, 0.1) is 22.1 Å². The number of para-hydroxylation sites is 1. The van der Waals surface area contributed by atoms with Crippen LogP contribution in [0.5, 0.6) is 5.75 Å². The van der Waals surface area contributed by atoms with Crippen LogP contribution >= 0.6 is 23.4 Å². The number of esters is 1. The van der Waals surface area contributed by atoms with Crippen molar-refractivity contribution >= 4 is 58.1 Å². The number of imide groups is 1. The predicted molar refractivity (Wildman–Crippen MR) is 155 cm³/mol. The summed E-state index contributed by atoms with van der Waals surface area (Å²) in [5.74, 6) is -1.24. The van der Waals surface area contributed by atoms with Gasteiger partial charge in [-0.15, -0.1) is 0 Å². The lowest BCUT2D eigenvalue weighted by Crippen LogP contribution is -2.36. The standard InChI is InChI=1S/C30H27ClN2O6S/c1-3-13-38-29(36)23-16-22(11-12-24(23)31)32-27(34)17-33-28(35)26(40-30(33)37)15-21-9-4-5-10-25(21)39-18-20-8-6-7-19(2)14-20/h4-12,14-16H,3,13,17-18H2,1-2H3,(H,32,34)/b26-15+. The molecule has 1 aliphatic rings. The van der Waals surface area contributed by atoms with Crippen molar-refractivity contribution in [2.24, 2.45) is 0 Å². The zero-order valence-electron chi connectivity index (χ0n) is 21.9. The smallest absolute Gasteiger partial charge is 0.339 e. The SMILES string of the molecule is CCCOC(=O)c1cc(NC(=O)CN2C(=O)S/C(=C/c3ccccc3OCc3cccc(C)c3)C2=O)ccc1Cl. The molecule has 1 aliphatic heterocycles. The largest absolute Gasteiger partial charge is 0.488 e. The third-order valence-corrected chi connectivity index (χ3v) is 7.00. The highest BCUT2D eigenvalue weighted by Gasteiger charge is 2.36. The molecule has 1 fully saturated rings. The zero-order chi connectivity index (χ0) is 28.6. The second kappa shape index (κ2) is 13.3. The van der Waals surface area contributed by atoms with E-state index in [-0.39, 0.29) is 27.8 Å². The number of rotatable bonds is 10. The average molecular weight is 579 g/mol. The second-order valence-electron chi connectivity index (χ2n) is 8.96. The van der Waals surface area contributed by atoms with Crippen molar-refractivity contribution in [3.8, 4) is 5.75 Å². The molecule has 1 N–H and O–H groups in total. The van der Waals surface area contributed by atoms with E-state index >= 15 is 0 Å². The van der Waals surface area contributed by atoms with Gasteiger partial charge < -0.3 is 14.8 Å². The van der Waals surface area contributed by atoms with Gasteiger partial charge in [0.1, 0.15) is 18.9 Å². The molecule has 4 rings (SSSR count). The van der Waals surface area contributed by atoms with Gasteiger partial charge in [0.25, 0.3) is 11.1 Å². The first-order valence-electron chi connectivity index (χ1n) is 12.5. The number of carbonyl (C=O) groups is 4. The first kappa shape index (κ1) is 28.9. The first-order valence-corrected chi connectivity index (χ1v) is 13.7. The highest BCUT2D eigenvalue weighted by Crippen LogP contribution is 2.34. The number of hydrogen-bond donors (Lipinski definition) is 1. The van der Waals surface area contributed by atoms with Gasteiger partial charge in [-0.05, 0) is 61.0 Å². The van der Waals surface area contributed by atoms with Gasteiger partial charge in [-0.1, -0.05) is 66.6 Å². The molecular formula is C30H27ClN2O6S. The second-order valence-corrected chi connectivity index (χ2v) is 10.4. The Morgan fingerprint density at radius 3 is 2.62 bits per heavy atom. The predicted octanol–water partition coefficient (Wildman–Crippen LogP) is 6.47. The Morgan fingerprint density at radius 1 is 1.05 bits per heavy atom. The van der Waals surface area contributed by atoms with Crippen LogP contribution in [-0.2, 0) is 20.9 Å². The Balaban J connectivity index is 1.42. The maximum Gasteiger partial charge on any atom is 0.339 e. The normalized spacial score (nSPS) is 14.0. The number of amides is 3. The molecule has 1 saturated heterocycles. The van der Waals surface area contributed by atoms with Crippen LogP contribution in [0.15, 0.2) is 71.6 Å². The summed E-state index contributed by atoms with van der Waals surface area (Å²) in [5, 5.41) is 2.21. The molecule has 0 atom stereocenters. The summed E-state index contributed by atoms with van der Waals surface area (Å²) in [5.41, 5.74) is 3.14. The molecule has 0 bridgehead atoms. The van der Waals surface area contributed by atoms with Gasteiger partial charge >= 0.3 is 5.97 Å². The lowest BCUT2D eigenvalue weighted by atomic mass is 10.1. The van der Waals surface area contributed by atoms with Crippen LogP contribution in [0.4, 0.5) is 10.5 Å². The number of nitrogens with zero attached hydrogens (tertiary/aromatic N) is 1. The molecule has 40 heavy (non-hydrogen) atoms. The number of aryl methyl sites for hydroxylation is 1. The van der Waals surface area contributed by atoms with E-state index in [1.807, 2.05) is 50.2 Å². The van der Waals surface area contributed by atoms with Gasteiger partial charge in [0.15, 0.2) is 0 Å². The minimum Gasteiger partial charge on any atom is -0.488 e. The van der Waals surface area contributed by atoms with Crippen molar-refractivity contribution < 1.29 is 28.7 Å². The number of carbonyl (C=O) groups excluding carboxylic acids is 4. The van der Waals surface area contributed by atoms with E-state index in [2.05, 4.69) is 5.32 Å². The number of halogens is 1. The van der Waals surface area contributed by atoms with E-state index in [1.54, 1.807) is 18.2 Å². The number of hydrogen-bond acceptors (Lipinski definition) is 7. The molecule has 206 valence electrons. The molecule has 3 amide bonds. The minimum atomic E-state index is -0.611. The fourth-order valence-corrected chi connectivity index (χ4v) is 4.87. The zero-order valence-corrected chi connectivity index (χ0v) is 23.5. The molecule has 8 nitrogen and oxygen atoms in total. The molecule has 10 heteroatoms. The van der Waals surface area contributed by atoms with Gasteiger partial charge in [-0.25, -0.2) is 4.79 Å². The van der Waals surface area contributed by atoms with Crippen molar-refractivity contribution in [2.75, 3.05) is 18.5 Å². The first-order chi connectivity index (χ1) is 19.2. The van der Waals surface area contributed by atoms with Crippen LogP contribution in [0.1, 0.15) is 40.4 Å². The van der Waals surface area contributed by atoms with Crippen LogP contribution < -0.4 is 10.1 Å². The molecule has 3 aromatic carbocycles. The third kappa shape index (κ3) is 7.31. The van der Waals surface area contributed by atoms with Gasteiger partial charge in [-0.3, -0.25) is 19.3 Å². The van der Waals surface area contributed by atoms with Gasteiger partial charge in [0.2, 0.25) is 5.91 Å². The van der Waals surface area contributed by atoms with Crippen molar-refractivity contribution in [2.45, 2.75) is 26.9 Å². The maximum atomic E-state index is 13.0. The number of ether oxygens (including phenoxy) is 2. The highest BCUT2D eigenvalue weighted by atomic mass is 35.5. The summed E-state index contributed by atoms with van der Waals surface area (Å²) in [6.07, 6.45) is 2.24. The van der Waals surface area contributed by atoms with Crippen molar-refractivity contribution in [1.82, 2.24) is 4.90 Å². The van der Waals surface area contributed by atoms with E-state index in [4.69, 9.17) is 21.1 Å². The molecular weight excluding hydrogens is 552 g/mol. The quantitative estimate of drug-likeness (QED) is 0.217. The fraction of sp³-hybridized carbons (Fsp3) is 0.200. The lowest BCUT2D eigenvalue weighted by molar-refractivity contribution is -0.127. The summed E-state index contributed by atoms with van der Waals surface area (Å²) in [7, 11) is 0. The molecule has 0 saturated carbocycles. The van der Waals surface area contributed by atoms with E-state index < -0.39 is 29.6 Å². The Kier molecular flexibility index (Phi) is 9.63. The molecule has 0 spiro atoms. The molecule has 3 aromatic rings. The van der Waals surface area contributed by atoms with Crippen LogP contribution in [0.3, 0.4) is 0 Å². The third-order valence-electron chi connectivity index (χ3n) is 5.77. The van der Waals surface area contributed by atoms with Crippen LogP contribution in [0.25, 0.3) is 6.08 Å². The number of nitrogens with one attached hydrogen (secondary N) is 1. The van der Waals surface area contributed by atoms with Crippen LogP contribution in [-0.4, -0.2) is 41.1 Å². The van der Waals surface area contributed by atoms with Gasteiger partial charge in [0, 0.05) is 11.3 Å². The molecule has 0 aromatic heterocycles. The minimum absolute atomic E-state index is 0.102. The molecule has 1 heterocycles. The molecule has 0 radical (unpaired) electrons. The maximum absolute atomic E-state index is 13.0. The van der Waals surface area contributed by atoms with Crippen LogP contribution in [0, 0.1) is 6.92 Å². The number of anilines is 1. The lowest BCUT2D eigenvalue weighted by Gasteiger charge is -2.13. The van der Waals surface area contributed by atoms with E-state index in [9.17, 15) is 19.2 Å². The molecule has 0 aliphatic carbocycles. The Bertz CT molecular complexity index is 1490. The number of thioether (sulfide) groups is 1. The van der Waals surface area contributed by atoms with Crippen molar-refractivity contribution in [3.63, 3.8) is 0 Å². The topological polar surface area (TPSA) is 102 Å². The summed E-state index contributed by atoms with van der Waals surface area (Å²) < 4.78 is 11.1. The van der Waals surface area contributed by atoms with Crippen molar-refractivity contribution in [3.05, 3.63) is 98.9 Å². The van der Waals surface area contributed by atoms with Crippen molar-refractivity contribution in [1.29, 1.82) is 0 Å². The Labute approximate surface area is 241 Å². The summed E-state index contributed by atoms with van der Waals surface area (Å²) in [6.45, 7) is 3.96. The Morgan fingerprint density at radius 2 is 1.85 bits per heavy atom. The summed E-state index contributed by atoms with van der Waals surface area (Å²) in [4.78, 5) is 51.6. The molecule has 0 unspecified atom stereocenters.